The Morgan fingerprint density at radius 3 is 2.48 bits per heavy atom. The average molecular weight is 303 g/mol. The second-order valence-corrected chi connectivity index (χ2v) is 6.11. The van der Waals surface area contributed by atoms with Crippen LogP contribution in [0.1, 0.15) is 30.0 Å². The minimum absolute atomic E-state index is 0.155. The van der Waals surface area contributed by atoms with Crippen molar-refractivity contribution in [3.05, 3.63) is 89.3 Å². The number of nitrogens with zero attached hydrogens (tertiary/aromatic N) is 1. The molecule has 0 radical (unpaired) electrons. The van der Waals surface area contributed by atoms with Crippen molar-refractivity contribution >= 4 is 11.9 Å². The van der Waals surface area contributed by atoms with Gasteiger partial charge in [0.2, 0.25) is 0 Å². The molecular weight excluding hydrogens is 282 g/mol. The highest BCUT2D eigenvalue weighted by Gasteiger charge is 2.36. The van der Waals surface area contributed by atoms with Gasteiger partial charge in [-0.2, -0.15) is 0 Å². The van der Waals surface area contributed by atoms with Gasteiger partial charge >= 0.3 is 0 Å². The molecule has 3 nitrogen and oxygen atoms in total. The normalized spacial score (nSPS) is 20.6. The number of nitrogens with two attached hydrogens (primary N) is 2. The van der Waals surface area contributed by atoms with E-state index in [-0.39, 0.29) is 11.2 Å². The molecule has 0 aromatic heterocycles. The van der Waals surface area contributed by atoms with Crippen molar-refractivity contribution in [1.29, 1.82) is 0 Å². The van der Waals surface area contributed by atoms with E-state index in [1.807, 2.05) is 12.1 Å². The summed E-state index contributed by atoms with van der Waals surface area (Å²) >= 11 is 0. The van der Waals surface area contributed by atoms with Gasteiger partial charge in [-0.25, -0.2) is 4.99 Å². The largest absolute Gasteiger partial charge is 0.398 e. The standard InChI is InChI=1S/C20H21N3/c1-14(21)23-13-15-12-20(2,16-8-4-3-5-9-16)18-11-7-6-10-17(18)19(15)22/h3-11,13H,1,12,21-22H2,2H3/b23-13-/t20-/m0/s1. The Kier molecular flexibility index (Phi) is 3.78. The zero-order valence-electron chi connectivity index (χ0n) is 13.3. The van der Waals surface area contributed by atoms with E-state index in [0.717, 1.165) is 23.3 Å². The summed E-state index contributed by atoms with van der Waals surface area (Å²) in [5.41, 5.74) is 17.1. The molecule has 1 atom stereocenters. The van der Waals surface area contributed by atoms with E-state index < -0.39 is 0 Å². The van der Waals surface area contributed by atoms with E-state index in [9.17, 15) is 0 Å². The maximum absolute atomic E-state index is 6.39. The van der Waals surface area contributed by atoms with Gasteiger partial charge in [0.25, 0.3) is 0 Å². The third kappa shape index (κ3) is 2.66. The molecule has 4 N–H and O–H groups in total. The molecule has 0 amide bonds. The first kappa shape index (κ1) is 15.1. The zero-order chi connectivity index (χ0) is 16.4. The van der Waals surface area contributed by atoms with Crippen LogP contribution in [-0.2, 0) is 5.41 Å². The number of hydrogen-bond donors (Lipinski definition) is 2. The van der Waals surface area contributed by atoms with Gasteiger partial charge in [0.1, 0.15) is 5.82 Å². The van der Waals surface area contributed by atoms with Crippen LogP contribution in [0.25, 0.3) is 5.70 Å². The maximum atomic E-state index is 6.39. The fourth-order valence-corrected chi connectivity index (χ4v) is 3.28. The lowest BCUT2D eigenvalue weighted by Crippen LogP contribution is -2.31. The molecule has 2 aromatic rings. The molecule has 23 heavy (non-hydrogen) atoms. The minimum Gasteiger partial charge on any atom is -0.398 e. The summed E-state index contributed by atoms with van der Waals surface area (Å²) in [5, 5.41) is 0. The number of allylic oxidation sites excluding steroid dienone is 1. The smallest absolute Gasteiger partial charge is 0.116 e. The van der Waals surface area contributed by atoms with Gasteiger partial charge in [-0.3, -0.25) is 0 Å². The van der Waals surface area contributed by atoms with Crippen LogP contribution in [0.4, 0.5) is 0 Å². The van der Waals surface area contributed by atoms with Gasteiger partial charge in [0.05, 0.1) is 0 Å². The van der Waals surface area contributed by atoms with E-state index >= 15 is 0 Å². The molecule has 0 aliphatic heterocycles. The van der Waals surface area contributed by atoms with Crippen LogP contribution in [0.2, 0.25) is 0 Å². The third-order valence-corrected chi connectivity index (χ3v) is 4.50. The van der Waals surface area contributed by atoms with Crippen LogP contribution in [0.15, 0.2) is 77.6 Å². The maximum Gasteiger partial charge on any atom is 0.116 e. The summed E-state index contributed by atoms with van der Waals surface area (Å²) < 4.78 is 0. The quantitative estimate of drug-likeness (QED) is 0.851. The highest BCUT2D eigenvalue weighted by atomic mass is 14.9. The summed E-state index contributed by atoms with van der Waals surface area (Å²) in [6.07, 6.45) is 2.52. The van der Waals surface area contributed by atoms with Crippen LogP contribution in [0, 0.1) is 0 Å². The van der Waals surface area contributed by atoms with Gasteiger partial charge in [-0.15, -0.1) is 0 Å². The van der Waals surface area contributed by atoms with Crippen LogP contribution in [0.3, 0.4) is 0 Å². The fraction of sp³-hybridized carbons (Fsp3) is 0.150. The second kappa shape index (κ2) is 5.76. The lowest BCUT2D eigenvalue weighted by molar-refractivity contribution is 0.564. The van der Waals surface area contributed by atoms with Crippen molar-refractivity contribution in [3.63, 3.8) is 0 Å². The summed E-state index contributed by atoms with van der Waals surface area (Å²) in [7, 11) is 0. The number of benzene rings is 2. The predicted molar refractivity (Wildman–Crippen MR) is 96.9 cm³/mol. The second-order valence-electron chi connectivity index (χ2n) is 6.11. The SMILES string of the molecule is C=C(N)/N=C\C1=C(N)c2ccccc2[C@](C)(c2ccccc2)C1. The molecule has 116 valence electrons. The number of hydrogen-bond acceptors (Lipinski definition) is 3. The van der Waals surface area contributed by atoms with Gasteiger partial charge < -0.3 is 11.5 Å². The number of fused-ring (bicyclic) bond motifs is 1. The molecule has 0 unspecified atom stereocenters. The summed E-state index contributed by atoms with van der Waals surface area (Å²) in [6, 6.07) is 18.8. The first-order chi connectivity index (χ1) is 11.0. The summed E-state index contributed by atoms with van der Waals surface area (Å²) in [4.78, 5) is 4.15. The Labute approximate surface area is 137 Å². The lowest BCUT2D eigenvalue weighted by atomic mass is 9.67. The highest BCUT2D eigenvalue weighted by molar-refractivity contribution is 5.93. The van der Waals surface area contributed by atoms with E-state index in [0.29, 0.717) is 0 Å². The monoisotopic (exact) mass is 303 g/mol. The number of rotatable bonds is 3. The van der Waals surface area contributed by atoms with Crippen LogP contribution < -0.4 is 11.5 Å². The van der Waals surface area contributed by atoms with E-state index in [1.165, 1.54) is 11.1 Å². The summed E-state index contributed by atoms with van der Waals surface area (Å²) in [5.74, 6) is 0.283. The van der Waals surface area contributed by atoms with Crippen LogP contribution in [-0.4, -0.2) is 6.21 Å². The minimum atomic E-state index is -0.155. The van der Waals surface area contributed by atoms with E-state index in [2.05, 4.69) is 61.0 Å². The van der Waals surface area contributed by atoms with Crippen molar-refractivity contribution in [3.8, 4) is 0 Å². The molecular formula is C20H21N3. The van der Waals surface area contributed by atoms with Gasteiger partial charge in [-0.05, 0) is 23.1 Å². The van der Waals surface area contributed by atoms with Crippen molar-refractivity contribution in [1.82, 2.24) is 0 Å². The van der Waals surface area contributed by atoms with E-state index in [1.54, 1.807) is 6.21 Å². The van der Waals surface area contributed by atoms with Crippen LogP contribution >= 0.6 is 0 Å². The van der Waals surface area contributed by atoms with Crippen LogP contribution in [0.5, 0.6) is 0 Å². The molecule has 3 heteroatoms. The molecule has 3 rings (SSSR count). The Balaban J connectivity index is 2.19. The Bertz CT molecular complexity index is 803. The molecule has 0 bridgehead atoms. The van der Waals surface area contributed by atoms with E-state index in [4.69, 9.17) is 11.5 Å². The Morgan fingerprint density at radius 1 is 1.13 bits per heavy atom. The van der Waals surface area contributed by atoms with Gasteiger partial charge in [0, 0.05) is 22.9 Å². The molecule has 0 heterocycles. The molecule has 2 aromatic carbocycles. The topological polar surface area (TPSA) is 64.4 Å². The molecule has 0 saturated heterocycles. The molecule has 0 fully saturated rings. The first-order valence-electron chi connectivity index (χ1n) is 7.65. The van der Waals surface area contributed by atoms with Crippen molar-refractivity contribution in [2.24, 2.45) is 16.5 Å². The summed E-state index contributed by atoms with van der Waals surface area (Å²) in [6.45, 7) is 5.87. The highest BCUT2D eigenvalue weighted by Crippen LogP contribution is 2.44. The lowest BCUT2D eigenvalue weighted by Gasteiger charge is -2.37. The molecule has 0 saturated carbocycles. The third-order valence-electron chi connectivity index (χ3n) is 4.50. The van der Waals surface area contributed by atoms with Crippen molar-refractivity contribution in [2.75, 3.05) is 0 Å². The Morgan fingerprint density at radius 2 is 1.78 bits per heavy atom. The fourth-order valence-electron chi connectivity index (χ4n) is 3.28. The van der Waals surface area contributed by atoms with Crippen molar-refractivity contribution in [2.45, 2.75) is 18.8 Å². The molecule has 0 spiro atoms. The zero-order valence-corrected chi connectivity index (χ0v) is 13.3. The number of aliphatic imine (C=N–C) groups is 1. The van der Waals surface area contributed by atoms with Gasteiger partial charge in [-0.1, -0.05) is 68.1 Å². The first-order valence-corrected chi connectivity index (χ1v) is 7.65. The average Bonchev–Trinajstić information content (AvgIpc) is 2.58. The van der Waals surface area contributed by atoms with Crippen molar-refractivity contribution < 1.29 is 0 Å². The Hall–Kier alpha value is -2.81. The molecule has 1 aliphatic rings. The predicted octanol–water partition coefficient (Wildman–Crippen LogP) is 3.57. The molecule has 1 aliphatic carbocycles. The van der Waals surface area contributed by atoms with Gasteiger partial charge in [0.15, 0.2) is 0 Å².